The Kier molecular flexibility index (Phi) is 16.5. The highest BCUT2D eigenvalue weighted by atomic mass is 16.4. The van der Waals surface area contributed by atoms with Crippen LogP contribution in [-0.4, -0.2) is 29.6 Å². The van der Waals surface area contributed by atoms with Crippen molar-refractivity contribution in [3.8, 4) is 0 Å². The fourth-order valence-electron chi connectivity index (χ4n) is 2.56. The molecule has 0 saturated heterocycles. The van der Waals surface area contributed by atoms with Crippen LogP contribution in [0.4, 0.5) is 0 Å². The second kappa shape index (κ2) is 17.5. The first-order chi connectivity index (χ1) is 12.1. The number of nitrogens with two attached hydrogens (primary N) is 1. The van der Waals surface area contributed by atoms with Gasteiger partial charge in [0.05, 0.1) is 0 Å². The number of hydrogen-bond acceptors (Lipinski definition) is 3. The molecule has 25 heavy (non-hydrogen) atoms. The highest BCUT2D eigenvalue weighted by molar-refractivity contribution is 5.75. The molecule has 0 saturated carbocycles. The zero-order chi connectivity index (χ0) is 18.8. The number of carboxylic acids is 1. The van der Waals surface area contributed by atoms with Crippen molar-refractivity contribution in [2.75, 3.05) is 6.54 Å². The van der Waals surface area contributed by atoms with Gasteiger partial charge in [-0.25, -0.2) is 0 Å². The third kappa shape index (κ3) is 17.3. The average molecular weight is 355 g/mol. The summed E-state index contributed by atoms with van der Waals surface area (Å²) in [7, 11) is 0. The van der Waals surface area contributed by atoms with E-state index in [1.165, 1.54) is 44.9 Å². The maximum absolute atomic E-state index is 11.7. The summed E-state index contributed by atoms with van der Waals surface area (Å²) < 4.78 is 0. The van der Waals surface area contributed by atoms with Gasteiger partial charge in [0.2, 0.25) is 5.91 Å². The SMILES string of the molecule is CCCC/C=C/CCCCCCCC(=O)NCCCC[C@H](N)C(=O)O. The number of carbonyl (C=O) groups excluding carboxylic acids is 1. The van der Waals surface area contributed by atoms with Crippen LogP contribution in [0, 0.1) is 0 Å². The van der Waals surface area contributed by atoms with E-state index in [0.717, 1.165) is 25.7 Å². The molecule has 0 rings (SSSR count). The van der Waals surface area contributed by atoms with Crippen molar-refractivity contribution < 1.29 is 14.7 Å². The maximum atomic E-state index is 11.7. The monoisotopic (exact) mass is 354 g/mol. The van der Waals surface area contributed by atoms with E-state index in [-0.39, 0.29) is 5.91 Å². The van der Waals surface area contributed by atoms with E-state index in [9.17, 15) is 9.59 Å². The largest absolute Gasteiger partial charge is 0.480 e. The standard InChI is InChI=1S/C20H38N2O3/c1-2-3-4-5-6-7-8-9-10-11-12-16-19(23)22-17-14-13-15-18(21)20(24)25/h5-6,18H,2-4,7-17,21H2,1H3,(H,22,23)(H,24,25)/b6-5+/t18-/m0/s1. The number of aliphatic carboxylic acids is 1. The van der Waals surface area contributed by atoms with Crippen LogP contribution in [0.3, 0.4) is 0 Å². The van der Waals surface area contributed by atoms with Crippen molar-refractivity contribution in [2.24, 2.45) is 5.73 Å². The Morgan fingerprint density at radius 2 is 1.60 bits per heavy atom. The van der Waals surface area contributed by atoms with Crippen molar-refractivity contribution in [3.05, 3.63) is 12.2 Å². The summed E-state index contributed by atoms with van der Waals surface area (Å²) in [4.78, 5) is 22.2. The van der Waals surface area contributed by atoms with Crippen LogP contribution < -0.4 is 11.1 Å². The third-order valence-electron chi connectivity index (χ3n) is 4.25. The van der Waals surface area contributed by atoms with Crippen LogP contribution in [0.15, 0.2) is 12.2 Å². The summed E-state index contributed by atoms with van der Waals surface area (Å²) in [6, 6.07) is -0.789. The molecular weight excluding hydrogens is 316 g/mol. The number of nitrogens with one attached hydrogen (secondary N) is 1. The van der Waals surface area contributed by atoms with E-state index in [1.54, 1.807) is 0 Å². The number of carbonyl (C=O) groups is 2. The molecule has 0 aliphatic carbocycles. The summed E-state index contributed by atoms with van der Waals surface area (Å²) in [5, 5.41) is 11.5. The van der Waals surface area contributed by atoms with Gasteiger partial charge in [-0.2, -0.15) is 0 Å². The first-order valence-electron chi connectivity index (χ1n) is 9.98. The molecule has 1 atom stereocenters. The number of hydrogen-bond donors (Lipinski definition) is 3. The molecule has 5 nitrogen and oxygen atoms in total. The Morgan fingerprint density at radius 3 is 2.28 bits per heavy atom. The molecule has 4 N–H and O–H groups in total. The van der Waals surface area contributed by atoms with Crippen LogP contribution in [0.5, 0.6) is 0 Å². The molecule has 0 bridgehead atoms. The van der Waals surface area contributed by atoms with Gasteiger partial charge in [-0.05, 0) is 44.9 Å². The van der Waals surface area contributed by atoms with E-state index >= 15 is 0 Å². The second-order valence-electron chi connectivity index (χ2n) is 6.71. The van der Waals surface area contributed by atoms with Crippen LogP contribution in [0.25, 0.3) is 0 Å². The lowest BCUT2D eigenvalue weighted by Crippen LogP contribution is -2.30. The third-order valence-corrected chi connectivity index (χ3v) is 4.25. The van der Waals surface area contributed by atoms with Crippen molar-refractivity contribution >= 4 is 11.9 Å². The van der Waals surface area contributed by atoms with Crippen molar-refractivity contribution in [3.63, 3.8) is 0 Å². The zero-order valence-electron chi connectivity index (χ0n) is 16.0. The minimum atomic E-state index is -0.962. The van der Waals surface area contributed by atoms with Crippen LogP contribution in [0.2, 0.25) is 0 Å². The minimum absolute atomic E-state index is 0.0985. The highest BCUT2D eigenvalue weighted by Gasteiger charge is 2.10. The summed E-state index contributed by atoms with van der Waals surface area (Å²) in [6.45, 7) is 2.82. The Bertz CT molecular complexity index is 370. The van der Waals surface area contributed by atoms with Crippen LogP contribution in [-0.2, 0) is 9.59 Å². The van der Waals surface area contributed by atoms with Gasteiger partial charge < -0.3 is 16.2 Å². The minimum Gasteiger partial charge on any atom is -0.480 e. The molecule has 0 aromatic heterocycles. The quantitative estimate of drug-likeness (QED) is 0.270. The smallest absolute Gasteiger partial charge is 0.320 e. The van der Waals surface area contributed by atoms with Gasteiger partial charge in [0.25, 0.3) is 0 Å². The van der Waals surface area contributed by atoms with Gasteiger partial charge >= 0.3 is 5.97 Å². The highest BCUT2D eigenvalue weighted by Crippen LogP contribution is 2.08. The lowest BCUT2D eigenvalue weighted by Gasteiger charge is -2.07. The molecule has 1 amide bonds. The summed E-state index contributed by atoms with van der Waals surface area (Å²) in [5.41, 5.74) is 5.42. The van der Waals surface area contributed by atoms with E-state index in [1.807, 2.05) is 0 Å². The van der Waals surface area contributed by atoms with Crippen molar-refractivity contribution in [1.29, 1.82) is 0 Å². The predicted octanol–water partition coefficient (Wildman–Crippen LogP) is 4.16. The topological polar surface area (TPSA) is 92.4 Å². The fraction of sp³-hybridized carbons (Fsp3) is 0.800. The van der Waals surface area contributed by atoms with Crippen molar-refractivity contribution in [1.82, 2.24) is 5.32 Å². The lowest BCUT2D eigenvalue weighted by atomic mass is 10.1. The van der Waals surface area contributed by atoms with Gasteiger partial charge in [-0.15, -0.1) is 0 Å². The van der Waals surface area contributed by atoms with Gasteiger partial charge in [0, 0.05) is 13.0 Å². The fourth-order valence-corrected chi connectivity index (χ4v) is 2.56. The maximum Gasteiger partial charge on any atom is 0.320 e. The molecule has 0 aliphatic rings. The Balaban J connectivity index is 3.30. The van der Waals surface area contributed by atoms with Crippen LogP contribution >= 0.6 is 0 Å². The van der Waals surface area contributed by atoms with Gasteiger partial charge in [-0.3, -0.25) is 9.59 Å². The predicted molar refractivity (Wildman–Crippen MR) is 103 cm³/mol. The molecule has 0 heterocycles. The Labute approximate surface area is 153 Å². The molecule has 0 aliphatic heterocycles. The van der Waals surface area contributed by atoms with Crippen LogP contribution in [0.1, 0.15) is 90.4 Å². The van der Waals surface area contributed by atoms with E-state index in [0.29, 0.717) is 19.4 Å². The summed E-state index contributed by atoms with van der Waals surface area (Å²) in [6.07, 6.45) is 17.8. The van der Waals surface area contributed by atoms with Crippen molar-refractivity contribution in [2.45, 2.75) is 96.4 Å². The Hall–Kier alpha value is -1.36. The lowest BCUT2D eigenvalue weighted by molar-refractivity contribution is -0.138. The summed E-state index contributed by atoms with van der Waals surface area (Å²) >= 11 is 0. The zero-order valence-corrected chi connectivity index (χ0v) is 16.0. The molecule has 5 heteroatoms. The molecular formula is C20H38N2O3. The number of rotatable bonds is 17. The first kappa shape index (κ1) is 23.6. The molecule has 0 unspecified atom stereocenters. The number of unbranched alkanes of at least 4 members (excludes halogenated alkanes) is 8. The normalized spacial score (nSPS) is 12.4. The average Bonchev–Trinajstić information content (AvgIpc) is 2.59. The van der Waals surface area contributed by atoms with E-state index in [2.05, 4.69) is 24.4 Å². The number of allylic oxidation sites excluding steroid dienone is 2. The molecule has 0 fully saturated rings. The first-order valence-corrected chi connectivity index (χ1v) is 9.98. The number of carboxylic acid groups (broad SMARTS) is 1. The summed E-state index contributed by atoms with van der Waals surface area (Å²) in [5.74, 6) is -0.863. The molecule has 146 valence electrons. The van der Waals surface area contributed by atoms with E-state index < -0.39 is 12.0 Å². The van der Waals surface area contributed by atoms with E-state index in [4.69, 9.17) is 10.8 Å². The van der Waals surface area contributed by atoms with Gasteiger partial charge in [-0.1, -0.05) is 51.2 Å². The Morgan fingerprint density at radius 1 is 0.960 bits per heavy atom. The molecule has 0 aromatic carbocycles. The molecule has 0 radical (unpaired) electrons. The second-order valence-corrected chi connectivity index (χ2v) is 6.71. The molecule has 0 aromatic rings. The molecule has 0 spiro atoms. The van der Waals surface area contributed by atoms with Gasteiger partial charge in [0.1, 0.15) is 6.04 Å². The number of amides is 1. The van der Waals surface area contributed by atoms with Gasteiger partial charge in [0.15, 0.2) is 0 Å².